The number of carbonyl (C=O) groups excluding carboxylic acids is 3. The Kier molecular flexibility index (Phi) is 16.2. The third kappa shape index (κ3) is 12.6. The van der Waals surface area contributed by atoms with Crippen molar-refractivity contribution in [1.29, 1.82) is 0 Å². The molecule has 3 fully saturated rings. The van der Waals surface area contributed by atoms with Gasteiger partial charge in [0.15, 0.2) is 17.3 Å². The van der Waals surface area contributed by atoms with Gasteiger partial charge >= 0.3 is 0 Å². The van der Waals surface area contributed by atoms with E-state index < -0.39 is 0 Å². The number of anilines is 3. The van der Waals surface area contributed by atoms with Gasteiger partial charge in [-0.15, -0.1) is 15.3 Å². The number of nitrogens with zero attached hydrogens (tertiary/aromatic N) is 18. The largest absolute Gasteiger partial charge is 0.378 e. The van der Waals surface area contributed by atoms with Crippen LogP contribution in [0, 0.1) is 0 Å². The zero-order valence-corrected chi connectivity index (χ0v) is 46.8. The molecule has 87 heavy (non-hydrogen) atoms. The summed E-state index contributed by atoms with van der Waals surface area (Å²) in [7, 11) is 0. The Hall–Kier alpha value is -11.0. The number of carbonyl (C=O) groups is 3. The van der Waals surface area contributed by atoms with E-state index in [0.717, 1.165) is 73.0 Å². The van der Waals surface area contributed by atoms with Crippen LogP contribution in [0.2, 0.25) is 0 Å². The van der Waals surface area contributed by atoms with Gasteiger partial charge in [-0.05, 0) is 175 Å². The Balaban J connectivity index is 0.772. The second-order valence-electron chi connectivity index (χ2n) is 20.4. The standard InChI is InChI=1S/C63H54N18O6/c82-55(28-7-43-1-16-49(17-2-43)76-31-37-85-38-32-76)46-10-22-52(23-11-46)79-61(67-70-73-79)58-64-59(62-68-71-74-80(62)53-24-12-47(13-25-53)56(83)29-8-44-3-18-50(19-4-44)77-33-39-86-40-34-77)66-60(65-58)63-69-72-75-81(63)54-26-14-48(15-27-54)57(84)30-9-45-5-20-51(21-6-45)78-35-41-87-42-36-78/h1-30H,31-42H2/b28-7+,29-8+,30-9+. The predicted molar refractivity (Wildman–Crippen MR) is 323 cm³/mol. The fraction of sp³-hybridized carbons (Fsp3) is 0.190. The van der Waals surface area contributed by atoms with E-state index in [-0.39, 0.29) is 52.3 Å². The van der Waals surface area contributed by atoms with Crippen molar-refractivity contribution in [3.05, 3.63) is 197 Å². The molecule has 24 heteroatoms. The van der Waals surface area contributed by atoms with Gasteiger partial charge in [-0.2, -0.15) is 14.0 Å². The summed E-state index contributed by atoms with van der Waals surface area (Å²) in [5, 5.41) is 37.9. The van der Waals surface area contributed by atoms with Crippen LogP contribution in [0.4, 0.5) is 17.1 Å². The Morgan fingerprint density at radius 2 is 0.563 bits per heavy atom. The van der Waals surface area contributed by atoms with Crippen molar-refractivity contribution >= 4 is 52.6 Å². The lowest BCUT2D eigenvalue weighted by molar-refractivity contribution is 0.103. The van der Waals surface area contributed by atoms with Gasteiger partial charge in [-0.3, -0.25) is 14.4 Å². The number of benzene rings is 6. The Morgan fingerprint density at radius 1 is 0.322 bits per heavy atom. The van der Waals surface area contributed by atoms with Gasteiger partial charge in [0.2, 0.25) is 34.9 Å². The van der Waals surface area contributed by atoms with Crippen molar-refractivity contribution in [3.63, 3.8) is 0 Å². The number of rotatable bonds is 18. The minimum atomic E-state index is -0.197. The maximum atomic E-state index is 13.5. The maximum Gasteiger partial charge on any atom is 0.224 e. The molecule has 0 bridgehead atoms. The zero-order chi connectivity index (χ0) is 58.9. The average molecular weight is 1160 g/mol. The predicted octanol–water partition coefficient (Wildman–Crippen LogP) is 7.00. The molecule has 3 aliphatic rings. The van der Waals surface area contributed by atoms with E-state index in [4.69, 9.17) is 29.2 Å². The van der Waals surface area contributed by atoms with Crippen molar-refractivity contribution in [2.75, 3.05) is 93.6 Å². The molecule has 3 saturated heterocycles. The molecule has 10 aromatic rings. The Labute approximate surface area is 497 Å². The third-order valence-electron chi connectivity index (χ3n) is 14.9. The lowest BCUT2D eigenvalue weighted by Gasteiger charge is -2.28. The first-order chi connectivity index (χ1) is 42.8. The first kappa shape index (κ1) is 55.3. The molecule has 0 spiro atoms. The molecule has 24 nitrogen and oxygen atoms in total. The SMILES string of the molecule is O=C(/C=C/c1ccc(N2CCOCC2)cc1)c1ccc(-n2nnnc2-c2nc(-c3nnnn3-c3ccc(C(=O)/C=C/c4ccc(N5CCOCC5)cc4)cc3)nc(-c3nnnn3-c3ccc(C(=O)/C=C/c4ccc(N5CCOCC5)cc4)cc3)n2)cc1. The molecule has 0 saturated carbocycles. The first-order valence-corrected chi connectivity index (χ1v) is 28.2. The van der Waals surface area contributed by atoms with Crippen LogP contribution in [0.1, 0.15) is 47.8 Å². The van der Waals surface area contributed by atoms with E-state index >= 15 is 0 Å². The van der Waals surface area contributed by atoms with Crippen LogP contribution in [0.15, 0.2) is 164 Å². The molecule has 0 aliphatic carbocycles. The van der Waals surface area contributed by atoms with Crippen molar-refractivity contribution < 1.29 is 28.6 Å². The fourth-order valence-corrected chi connectivity index (χ4v) is 10.1. The summed E-state index contributed by atoms with van der Waals surface area (Å²) < 4.78 is 20.7. The van der Waals surface area contributed by atoms with Crippen molar-refractivity contribution in [1.82, 2.24) is 75.6 Å². The van der Waals surface area contributed by atoms with Gasteiger partial charge in [0.1, 0.15) is 0 Å². The van der Waals surface area contributed by atoms with Crippen LogP contribution in [0.3, 0.4) is 0 Å². The van der Waals surface area contributed by atoms with Crippen LogP contribution in [0.5, 0.6) is 0 Å². The summed E-state index contributed by atoms with van der Waals surface area (Å²) in [6.07, 6.45) is 9.97. The van der Waals surface area contributed by atoms with Crippen molar-refractivity contribution in [2.24, 2.45) is 0 Å². The average Bonchev–Trinajstić information content (AvgIpc) is 4.15. The number of morpholine rings is 3. The normalized spacial score (nSPS) is 14.8. The molecule has 6 aromatic carbocycles. The smallest absolute Gasteiger partial charge is 0.224 e. The van der Waals surface area contributed by atoms with Crippen LogP contribution in [-0.4, -0.2) is 172 Å². The van der Waals surface area contributed by atoms with Gasteiger partial charge in [0.05, 0.1) is 56.7 Å². The second-order valence-corrected chi connectivity index (χ2v) is 20.4. The highest BCUT2D eigenvalue weighted by Gasteiger charge is 2.25. The molecule has 3 aliphatic heterocycles. The number of hydrogen-bond donors (Lipinski definition) is 0. The summed E-state index contributed by atoms with van der Waals surface area (Å²) in [5.41, 5.74) is 8.79. The van der Waals surface area contributed by atoms with E-state index in [1.807, 2.05) is 72.8 Å². The van der Waals surface area contributed by atoms with E-state index in [2.05, 4.69) is 61.3 Å². The Bertz CT molecular complexity index is 3710. The summed E-state index contributed by atoms with van der Waals surface area (Å²) in [6, 6.07) is 44.6. The van der Waals surface area contributed by atoms with Gasteiger partial charge in [0.25, 0.3) is 0 Å². The van der Waals surface area contributed by atoms with Crippen LogP contribution >= 0.6 is 0 Å². The quantitative estimate of drug-likeness (QED) is 0.0619. The van der Waals surface area contributed by atoms with E-state index in [9.17, 15) is 14.4 Å². The minimum absolute atomic E-state index is 0.0150. The number of ether oxygens (including phenoxy) is 3. The van der Waals surface area contributed by atoms with Gasteiger partial charge in [-0.1, -0.05) is 54.6 Å². The molecule has 0 amide bonds. The minimum Gasteiger partial charge on any atom is -0.378 e. The number of allylic oxidation sites excluding steroid dienone is 3. The Morgan fingerprint density at radius 3 is 0.816 bits per heavy atom. The summed E-state index contributed by atoms with van der Waals surface area (Å²) >= 11 is 0. The highest BCUT2D eigenvalue weighted by molar-refractivity contribution is 6.08. The number of hydrogen-bond acceptors (Lipinski definition) is 21. The lowest BCUT2D eigenvalue weighted by atomic mass is 10.1. The number of aromatic nitrogens is 15. The number of tetrazole rings is 3. The number of ketones is 3. The fourth-order valence-electron chi connectivity index (χ4n) is 10.1. The molecule has 0 unspecified atom stereocenters. The highest BCUT2D eigenvalue weighted by Crippen LogP contribution is 2.27. The molecule has 7 heterocycles. The van der Waals surface area contributed by atoms with Crippen molar-refractivity contribution in [2.45, 2.75) is 0 Å². The molecule has 4 aromatic heterocycles. The molecule has 13 rings (SSSR count). The van der Waals surface area contributed by atoms with Crippen LogP contribution in [-0.2, 0) is 14.2 Å². The molecular weight excluding hydrogens is 1100 g/mol. The van der Waals surface area contributed by atoms with Gasteiger partial charge < -0.3 is 28.9 Å². The van der Waals surface area contributed by atoms with Crippen LogP contribution < -0.4 is 14.7 Å². The second kappa shape index (κ2) is 25.5. The first-order valence-electron chi connectivity index (χ1n) is 28.2. The van der Waals surface area contributed by atoms with Crippen molar-refractivity contribution in [3.8, 4) is 52.0 Å². The monoisotopic (exact) mass is 1160 g/mol. The maximum absolute atomic E-state index is 13.5. The summed E-state index contributed by atoms with van der Waals surface area (Å²) in [4.78, 5) is 61.7. The third-order valence-corrected chi connectivity index (χ3v) is 14.9. The molecule has 0 N–H and O–H groups in total. The van der Waals surface area contributed by atoms with E-state index in [1.165, 1.54) is 32.3 Å². The van der Waals surface area contributed by atoms with Crippen LogP contribution in [0.25, 0.3) is 70.2 Å². The molecule has 0 radical (unpaired) electrons. The molecular formula is C63H54N18O6. The summed E-state index contributed by atoms with van der Waals surface area (Å²) in [5.74, 6) is -0.372. The lowest BCUT2D eigenvalue weighted by Crippen LogP contribution is -2.36. The molecule has 0 atom stereocenters. The molecule has 432 valence electrons. The zero-order valence-electron chi connectivity index (χ0n) is 46.8. The van der Waals surface area contributed by atoms with Gasteiger partial charge in [-0.25, -0.2) is 15.0 Å². The van der Waals surface area contributed by atoms with E-state index in [1.54, 1.807) is 91.0 Å². The topological polar surface area (TPSA) is 258 Å². The van der Waals surface area contributed by atoms with Gasteiger partial charge in [0, 0.05) is 73.0 Å². The summed E-state index contributed by atoms with van der Waals surface area (Å²) in [6.45, 7) is 9.17. The highest BCUT2D eigenvalue weighted by atomic mass is 16.5. The van der Waals surface area contributed by atoms with E-state index in [0.29, 0.717) is 73.4 Å².